The minimum absolute atomic E-state index is 0.214. The van der Waals surface area contributed by atoms with Gasteiger partial charge in [-0.15, -0.1) is 0 Å². The molecule has 0 bridgehead atoms. The lowest BCUT2D eigenvalue weighted by Gasteiger charge is -2.19. The van der Waals surface area contributed by atoms with Gasteiger partial charge in [0.25, 0.3) is 0 Å². The first-order chi connectivity index (χ1) is 13.1. The van der Waals surface area contributed by atoms with Crippen LogP contribution >= 0.6 is 0 Å². The molecule has 0 aliphatic carbocycles. The molecule has 1 aromatic heterocycles. The van der Waals surface area contributed by atoms with E-state index in [1.807, 2.05) is 29.1 Å². The van der Waals surface area contributed by atoms with Gasteiger partial charge in [0.05, 0.1) is 6.20 Å². The van der Waals surface area contributed by atoms with Crippen molar-refractivity contribution in [3.05, 3.63) is 65.5 Å². The molecule has 140 valence electrons. The predicted molar refractivity (Wildman–Crippen MR) is 106 cm³/mol. The second-order valence-electron chi connectivity index (χ2n) is 7.06. The molecule has 0 spiro atoms. The average Bonchev–Trinajstić information content (AvgIpc) is 3.01. The van der Waals surface area contributed by atoms with Crippen LogP contribution in [0.1, 0.15) is 23.6 Å². The minimum Gasteiger partial charge on any atom is -0.504 e. The lowest BCUT2D eigenvalue weighted by Crippen LogP contribution is -2.25. The van der Waals surface area contributed by atoms with E-state index in [9.17, 15) is 5.11 Å². The third-order valence-electron chi connectivity index (χ3n) is 5.07. The highest BCUT2D eigenvalue weighted by Crippen LogP contribution is 2.38. The fourth-order valence-electron chi connectivity index (χ4n) is 3.66. The Hall–Kier alpha value is -2.79. The maximum Gasteiger partial charge on any atom is 0.165 e. The smallest absolute Gasteiger partial charge is 0.165 e. The van der Waals surface area contributed by atoms with Crippen molar-refractivity contribution in [2.75, 3.05) is 13.2 Å². The molecule has 0 radical (unpaired) electrons. The van der Waals surface area contributed by atoms with E-state index < -0.39 is 0 Å². The third-order valence-corrected chi connectivity index (χ3v) is 5.07. The van der Waals surface area contributed by atoms with Gasteiger partial charge < -0.3 is 9.84 Å². The Morgan fingerprint density at radius 3 is 2.85 bits per heavy atom. The number of ether oxygens (including phenoxy) is 1. The lowest BCUT2D eigenvalue weighted by molar-refractivity contribution is 0.217. The Kier molecular flexibility index (Phi) is 4.86. The molecule has 0 amide bonds. The zero-order valence-corrected chi connectivity index (χ0v) is 15.9. The molecule has 4 rings (SSSR count). The molecule has 2 heterocycles. The zero-order chi connectivity index (χ0) is 18.8. The second kappa shape index (κ2) is 7.45. The number of fused-ring (bicyclic) bond motifs is 1. The topological polar surface area (TPSA) is 50.5 Å². The van der Waals surface area contributed by atoms with Crippen molar-refractivity contribution in [2.24, 2.45) is 0 Å². The standard InChI is InChI=1S/C22H25N3O2/c1-3-25-14-17(12-23-25)13-24-8-9-27-22-19(15-24)10-18(11-21(22)26)20-7-5-4-6-16(20)2/h4-7,10-12,14,26H,3,8-9,13,15H2,1-2H3. The lowest BCUT2D eigenvalue weighted by atomic mass is 9.98. The SMILES string of the molecule is CCn1cc(CN2CCOc3c(O)cc(-c4ccccc4C)cc3C2)cn1. The molecule has 0 unspecified atom stereocenters. The Morgan fingerprint density at radius 1 is 1.22 bits per heavy atom. The van der Waals surface area contributed by atoms with E-state index >= 15 is 0 Å². The summed E-state index contributed by atoms with van der Waals surface area (Å²) in [6.45, 7) is 7.98. The van der Waals surface area contributed by atoms with E-state index in [1.165, 1.54) is 11.1 Å². The minimum atomic E-state index is 0.214. The molecule has 27 heavy (non-hydrogen) atoms. The van der Waals surface area contributed by atoms with Crippen LogP contribution in [-0.4, -0.2) is 32.9 Å². The fraction of sp³-hybridized carbons (Fsp3) is 0.318. The summed E-state index contributed by atoms with van der Waals surface area (Å²) in [7, 11) is 0. The van der Waals surface area contributed by atoms with Crippen LogP contribution in [-0.2, 0) is 19.6 Å². The number of aryl methyl sites for hydroxylation is 2. The van der Waals surface area contributed by atoms with Crippen LogP contribution in [0.5, 0.6) is 11.5 Å². The molecule has 2 aromatic carbocycles. The van der Waals surface area contributed by atoms with Gasteiger partial charge in [0.2, 0.25) is 0 Å². The molecular formula is C22H25N3O2. The highest BCUT2D eigenvalue weighted by atomic mass is 16.5. The molecule has 1 aliphatic rings. The monoisotopic (exact) mass is 363 g/mol. The van der Waals surface area contributed by atoms with Crippen LogP contribution in [0.25, 0.3) is 11.1 Å². The van der Waals surface area contributed by atoms with Crippen LogP contribution in [0.15, 0.2) is 48.8 Å². The first-order valence-electron chi connectivity index (χ1n) is 9.42. The summed E-state index contributed by atoms with van der Waals surface area (Å²) in [6.07, 6.45) is 4.02. The van der Waals surface area contributed by atoms with Crippen molar-refractivity contribution in [1.29, 1.82) is 0 Å². The highest BCUT2D eigenvalue weighted by Gasteiger charge is 2.20. The van der Waals surface area contributed by atoms with E-state index in [0.29, 0.717) is 12.4 Å². The van der Waals surface area contributed by atoms with E-state index in [1.54, 1.807) is 0 Å². The van der Waals surface area contributed by atoms with Crippen LogP contribution in [0.3, 0.4) is 0 Å². The van der Waals surface area contributed by atoms with E-state index in [4.69, 9.17) is 4.74 Å². The van der Waals surface area contributed by atoms with Crippen molar-refractivity contribution < 1.29 is 9.84 Å². The first kappa shape index (κ1) is 17.6. The third kappa shape index (κ3) is 3.69. The molecule has 0 saturated heterocycles. The summed E-state index contributed by atoms with van der Waals surface area (Å²) in [5, 5.41) is 14.9. The largest absolute Gasteiger partial charge is 0.504 e. The van der Waals surface area contributed by atoms with Gasteiger partial charge in [-0.3, -0.25) is 9.58 Å². The predicted octanol–water partition coefficient (Wildman–Crippen LogP) is 3.98. The quantitative estimate of drug-likeness (QED) is 0.762. The Balaban J connectivity index is 1.63. The molecule has 5 heteroatoms. The molecule has 1 aliphatic heterocycles. The average molecular weight is 363 g/mol. The Labute approximate surface area is 159 Å². The summed E-state index contributed by atoms with van der Waals surface area (Å²) < 4.78 is 7.83. The number of rotatable bonds is 4. The normalized spacial score (nSPS) is 14.4. The molecular weight excluding hydrogens is 338 g/mol. The number of phenols is 1. The van der Waals surface area contributed by atoms with Crippen molar-refractivity contribution in [3.63, 3.8) is 0 Å². The zero-order valence-electron chi connectivity index (χ0n) is 15.9. The van der Waals surface area contributed by atoms with E-state index in [-0.39, 0.29) is 5.75 Å². The molecule has 0 saturated carbocycles. The summed E-state index contributed by atoms with van der Waals surface area (Å²) in [5.41, 5.74) is 5.56. The molecule has 0 fully saturated rings. The van der Waals surface area contributed by atoms with Gasteiger partial charge in [0.1, 0.15) is 6.61 Å². The van der Waals surface area contributed by atoms with Crippen molar-refractivity contribution in [2.45, 2.75) is 33.5 Å². The summed E-state index contributed by atoms with van der Waals surface area (Å²) in [5.74, 6) is 0.825. The first-order valence-corrected chi connectivity index (χ1v) is 9.42. The number of aromatic nitrogens is 2. The number of phenolic OH excluding ortho intramolecular Hbond substituents is 1. The fourth-order valence-corrected chi connectivity index (χ4v) is 3.66. The maximum absolute atomic E-state index is 10.6. The number of benzene rings is 2. The van der Waals surface area contributed by atoms with Gasteiger partial charge in [-0.1, -0.05) is 24.3 Å². The molecule has 1 N–H and O–H groups in total. The Morgan fingerprint density at radius 2 is 2.07 bits per heavy atom. The second-order valence-corrected chi connectivity index (χ2v) is 7.06. The number of nitrogens with zero attached hydrogens (tertiary/aromatic N) is 3. The highest BCUT2D eigenvalue weighted by molar-refractivity contribution is 5.71. The van der Waals surface area contributed by atoms with Crippen LogP contribution in [0.2, 0.25) is 0 Å². The van der Waals surface area contributed by atoms with E-state index in [0.717, 1.165) is 42.9 Å². The van der Waals surface area contributed by atoms with Gasteiger partial charge in [0, 0.05) is 43.5 Å². The number of aromatic hydroxyl groups is 1. The number of hydrogen-bond donors (Lipinski definition) is 1. The maximum atomic E-state index is 10.6. The van der Waals surface area contributed by atoms with Gasteiger partial charge >= 0.3 is 0 Å². The summed E-state index contributed by atoms with van der Waals surface area (Å²) in [6, 6.07) is 12.2. The molecule has 3 aromatic rings. The molecule has 0 atom stereocenters. The Bertz CT molecular complexity index is 948. The summed E-state index contributed by atoms with van der Waals surface area (Å²) >= 11 is 0. The van der Waals surface area contributed by atoms with Crippen LogP contribution < -0.4 is 4.74 Å². The van der Waals surface area contributed by atoms with Crippen LogP contribution in [0, 0.1) is 6.92 Å². The van der Waals surface area contributed by atoms with Crippen molar-refractivity contribution in [3.8, 4) is 22.6 Å². The number of hydrogen-bond acceptors (Lipinski definition) is 4. The van der Waals surface area contributed by atoms with Gasteiger partial charge in [-0.25, -0.2) is 0 Å². The van der Waals surface area contributed by atoms with Crippen LogP contribution in [0.4, 0.5) is 0 Å². The van der Waals surface area contributed by atoms with Gasteiger partial charge in [0.15, 0.2) is 11.5 Å². The van der Waals surface area contributed by atoms with Crippen molar-refractivity contribution in [1.82, 2.24) is 14.7 Å². The van der Waals surface area contributed by atoms with Gasteiger partial charge in [-0.05, 0) is 42.7 Å². The van der Waals surface area contributed by atoms with E-state index in [2.05, 4.69) is 48.2 Å². The van der Waals surface area contributed by atoms with Crippen molar-refractivity contribution >= 4 is 0 Å². The molecule has 5 nitrogen and oxygen atoms in total. The van der Waals surface area contributed by atoms with Gasteiger partial charge in [-0.2, -0.15) is 5.10 Å². The summed E-state index contributed by atoms with van der Waals surface area (Å²) in [4.78, 5) is 2.34.